The van der Waals surface area contributed by atoms with Crippen LogP contribution < -0.4 is 0 Å². The van der Waals surface area contributed by atoms with Gasteiger partial charge >= 0.3 is 5.97 Å². The van der Waals surface area contributed by atoms with Gasteiger partial charge in [0.2, 0.25) is 5.91 Å². The molecule has 1 aliphatic heterocycles. The number of hydrogen-bond acceptors (Lipinski definition) is 3. The van der Waals surface area contributed by atoms with Gasteiger partial charge in [0.1, 0.15) is 0 Å². The Kier molecular flexibility index (Phi) is 10.7. The molecule has 1 fully saturated rings. The first-order valence-electron chi connectivity index (χ1n) is 9.79. The molecule has 0 bridgehead atoms. The zero-order valence-electron chi connectivity index (χ0n) is 16.1. The number of unbranched alkanes of at least 4 members (excludes halogenated alkanes) is 3. The van der Waals surface area contributed by atoms with Crippen molar-refractivity contribution in [2.24, 2.45) is 5.92 Å². The Morgan fingerprint density at radius 2 is 2.04 bits per heavy atom. The summed E-state index contributed by atoms with van der Waals surface area (Å²) in [5.74, 6) is 5.57. The molecule has 1 saturated heterocycles. The molecule has 0 aromatic heterocycles. The van der Waals surface area contributed by atoms with E-state index in [0.29, 0.717) is 25.8 Å². The number of rotatable bonds is 11. The van der Waals surface area contributed by atoms with Gasteiger partial charge in [-0.05, 0) is 25.2 Å². The Bertz CT molecular complexity index is 532. The molecule has 3 atom stereocenters. The van der Waals surface area contributed by atoms with Crippen molar-refractivity contribution in [2.75, 3.05) is 6.54 Å². The van der Waals surface area contributed by atoms with Crippen molar-refractivity contribution in [2.45, 2.75) is 83.8 Å². The smallest absolute Gasteiger partial charge is 0.303 e. The van der Waals surface area contributed by atoms with Crippen LogP contribution in [-0.2, 0) is 9.59 Å². The van der Waals surface area contributed by atoms with Crippen molar-refractivity contribution < 1.29 is 19.8 Å². The predicted molar refractivity (Wildman–Crippen MR) is 102 cm³/mol. The number of amides is 1. The molecule has 1 heterocycles. The molecule has 0 aromatic rings. The van der Waals surface area contributed by atoms with Crippen molar-refractivity contribution in [1.82, 2.24) is 4.90 Å². The highest BCUT2D eigenvalue weighted by atomic mass is 16.4. The van der Waals surface area contributed by atoms with Crippen LogP contribution in [0.15, 0.2) is 12.2 Å². The number of carboxylic acids is 1. The van der Waals surface area contributed by atoms with Crippen LogP contribution in [0.2, 0.25) is 0 Å². The molecule has 1 amide bonds. The van der Waals surface area contributed by atoms with Crippen LogP contribution >= 0.6 is 0 Å². The fraction of sp³-hybridized carbons (Fsp3) is 0.714. The third kappa shape index (κ3) is 8.53. The number of aliphatic carboxylic acids is 1. The van der Waals surface area contributed by atoms with Crippen molar-refractivity contribution in [3.63, 3.8) is 0 Å². The van der Waals surface area contributed by atoms with Crippen LogP contribution in [0.1, 0.15) is 71.6 Å². The summed E-state index contributed by atoms with van der Waals surface area (Å²) in [5.41, 5.74) is 0. The minimum atomic E-state index is -0.751. The molecule has 0 aromatic carbocycles. The molecule has 26 heavy (non-hydrogen) atoms. The highest BCUT2D eigenvalue weighted by Gasteiger charge is 2.28. The molecular weight excluding hydrogens is 330 g/mol. The first-order valence-corrected chi connectivity index (χ1v) is 9.79. The fourth-order valence-corrected chi connectivity index (χ4v) is 3.07. The standard InChI is InChI=1S/C21H33NO4/c1-3-4-7-10-17(2)19(23)14-12-18-13-15-20(24)22(18)16-9-6-5-8-11-21(25)26/h12,14,17-19,23H,3,5-6,8-11,13,15-16H2,1-2H3,(H,25,26)/b14-12+/t17-,18+,19-/m1/s1. The molecule has 0 aliphatic carbocycles. The van der Waals surface area contributed by atoms with E-state index in [2.05, 4.69) is 11.8 Å². The second kappa shape index (κ2) is 12.5. The summed E-state index contributed by atoms with van der Waals surface area (Å²) in [6, 6.07) is 0.0603. The van der Waals surface area contributed by atoms with Crippen LogP contribution in [0.25, 0.3) is 0 Å². The second-order valence-corrected chi connectivity index (χ2v) is 7.02. The van der Waals surface area contributed by atoms with E-state index in [1.165, 1.54) is 0 Å². The van der Waals surface area contributed by atoms with E-state index in [9.17, 15) is 14.7 Å². The zero-order chi connectivity index (χ0) is 19.4. The van der Waals surface area contributed by atoms with Crippen LogP contribution in [0, 0.1) is 17.8 Å². The lowest BCUT2D eigenvalue weighted by Gasteiger charge is -2.23. The van der Waals surface area contributed by atoms with Gasteiger partial charge in [-0.3, -0.25) is 9.59 Å². The van der Waals surface area contributed by atoms with E-state index in [1.807, 2.05) is 24.8 Å². The molecule has 1 rings (SSSR count). The normalized spacial score (nSPS) is 19.4. The zero-order valence-corrected chi connectivity index (χ0v) is 16.1. The minimum Gasteiger partial charge on any atom is -0.481 e. The third-order valence-corrected chi connectivity index (χ3v) is 4.75. The van der Waals surface area contributed by atoms with Gasteiger partial charge in [-0.2, -0.15) is 0 Å². The van der Waals surface area contributed by atoms with Gasteiger partial charge in [0, 0.05) is 32.2 Å². The maximum atomic E-state index is 12.1. The molecule has 2 N–H and O–H groups in total. The number of hydrogen-bond donors (Lipinski definition) is 2. The lowest BCUT2D eigenvalue weighted by atomic mass is 10.00. The number of aliphatic hydroxyl groups excluding tert-OH is 1. The molecule has 0 spiro atoms. The first kappa shape index (κ1) is 22.2. The van der Waals surface area contributed by atoms with Gasteiger partial charge in [-0.1, -0.05) is 38.8 Å². The Hall–Kier alpha value is -1.80. The van der Waals surface area contributed by atoms with Crippen molar-refractivity contribution >= 4 is 11.9 Å². The Labute approximate surface area is 157 Å². The lowest BCUT2D eigenvalue weighted by Crippen LogP contribution is -2.33. The van der Waals surface area contributed by atoms with Crippen molar-refractivity contribution in [3.05, 3.63) is 12.2 Å². The molecule has 5 nitrogen and oxygen atoms in total. The van der Waals surface area contributed by atoms with Crippen LogP contribution in [0.5, 0.6) is 0 Å². The first-order chi connectivity index (χ1) is 12.5. The molecule has 0 unspecified atom stereocenters. The quantitative estimate of drug-likeness (QED) is 0.335. The summed E-state index contributed by atoms with van der Waals surface area (Å²) in [7, 11) is 0. The van der Waals surface area contributed by atoms with Crippen LogP contribution in [0.4, 0.5) is 0 Å². The summed E-state index contributed by atoms with van der Waals surface area (Å²) < 4.78 is 0. The van der Waals surface area contributed by atoms with Gasteiger partial charge in [-0.25, -0.2) is 0 Å². The van der Waals surface area contributed by atoms with E-state index >= 15 is 0 Å². The number of carbonyl (C=O) groups excluding carboxylic acids is 1. The lowest BCUT2D eigenvalue weighted by molar-refractivity contribution is -0.137. The molecule has 0 saturated carbocycles. The Morgan fingerprint density at radius 1 is 1.31 bits per heavy atom. The average molecular weight is 363 g/mol. The number of carbonyl (C=O) groups is 2. The van der Waals surface area contributed by atoms with Gasteiger partial charge in [0.05, 0.1) is 12.1 Å². The minimum absolute atomic E-state index is 0.0603. The molecule has 1 aliphatic rings. The number of likely N-dealkylation sites (tertiary alicyclic amines) is 1. The number of carboxylic acid groups (broad SMARTS) is 1. The largest absolute Gasteiger partial charge is 0.481 e. The van der Waals surface area contributed by atoms with Crippen molar-refractivity contribution in [3.8, 4) is 11.8 Å². The average Bonchev–Trinajstić information content (AvgIpc) is 2.95. The second-order valence-electron chi connectivity index (χ2n) is 7.02. The molecule has 5 heteroatoms. The molecule has 0 radical (unpaired) electrons. The number of aliphatic hydroxyl groups is 1. The van der Waals surface area contributed by atoms with Crippen LogP contribution in [0.3, 0.4) is 0 Å². The molecular formula is C21H33NO4. The summed E-state index contributed by atoms with van der Waals surface area (Å²) >= 11 is 0. The fourth-order valence-electron chi connectivity index (χ4n) is 3.07. The SMILES string of the molecule is CCC#CC[C@@H](C)[C@H](O)/C=C/[C@H]1CCC(=O)N1CCCCCCC(=O)O. The maximum absolute atomic E-state index is 12.1. The highest BCUT2D eigenvalue weighted by molar-refractivity contribution is 5.79. The van der Waals surface area contributed by atoms with E-state index in [0.717, 1.165) is 32.1 Å². The monoisotopic (exact) mass is 363 g/mol. The Morgan fingerprint density at radius 3 is 2.73 bits per heavy atom. The topological polar surface area (TPSA) is 77.8 Å². The summed E-state index contributed by atoms with van der Waals surface area (Å²) in [5, 5.41) is 18.9. The maximum Gasteiger partial charge on any atom is 0.303 e. The van der Waals surface area contributed by atoms with E-state index in [4.69, 9.17) is 5.11 Å². The highest BCUT2D eigenvalue weighted by Crippen LogP contribution is 2.21. The van der Waals surface area contributed by atoms with E-state index in [-0.39, 0.29) is 24.3 Å². The summed E-state index contributed by atoms with van der Waals surface area (Å²) in [6.45, 7) is 4.69. The van der Waals surface area contributed by atoms with Crippen molar-refractivity contribution in [1.29, 1.82) is 0 Å². The van der Waals surface area contributed by atoms with E-state index in [1.54, 1.807) is 6.08 Å². The van der Waals surface area contributed by atoms with Gasteiger partial charge in [-0.15, -0.1) is 11.8 Å². The third-order valence-electron chi connectivity index (χ3n) is 4.75. The van der Waals surface area contributed by atoms with Gasteiger partial charge < -0.3 is 15.1 Å². The summed E-state index contributed by atoms with van der Waals surface area (Å²) in [6.07, 6.45) is 9.68. The molecule has 146 valence electrons. The van der Waals surface area contributed by atoms with Gasteiger partial charge in [0.25, 0.3) is 0 Å². The Balaban J connectivity index is 2.39. The van der Waals surface area contributed by atoms with Gasteiger partial charge in [0.15, 0.2) is 0 Å². The van der Waals surface area contributed by atoms with E-state index < -0.39 is 12.1 Å². The van der Waals surface area contributed by atoms with Crippen LogP contribution in [-0.4, -0.2) is 45.7 Å². The predicted octanol–water partition coefficient (Wildman–Crippen LogP) is 3.37. The number of nitrogens with zero attached hydrogens (tertiary/aromatic N) is 1. The summed E-state index contributed by atoms with van der Waals surface area (Å²) in [4.78, 5) is 24.5.